The summed E-state index contributed by atoms with van der Waals surface area (Å²) >= 11 is 5.98. The number of nitrogens with zero attached hydrogens (tertiary/aromatic N) is 1. The van der Waals surface area contributed by atoms with E-state index in [0.29, 0.717) is 12.8 Å². The summed E-state index contributed by atoms with van der Waals surface area (Å²) in [4.78, 5) is 12.4. The number of oxime groups is 1. The minimum Gasteiger partial charge on any atom is -0.508 e. The van der Waals surface area contributed by atoms with E-state index < -0.39 is 11.4 Å². The van der Waals surface area contributed by atoms with Gasteiger partial charge in [0.1, 0.15) is 11.3 Å². The van der Waals surface area contributed by atoms with Gasteiger partial charge in [-0.1, -0.05) is 36.0 Å². The first-order valence-electron chi connectivity index (χ1n) is 6.77. The van der Waals surface area contributed by atoms with Crippen LogP contribution in [0.3, 0.4) is 0 Å². The van der Waals surface area contributed by atoms with Crippen molar-refractivity contribution in [2.75, 3.05) is 0 Å². The molecule has 7 heteroatoms. The van der Waals surface area contributed by atoms with Gasteiger partial charge in [-0.05, 0) is 31.0 Å². The molecular formula is C14H18ClN3O3. The summed E-state index contributed by atoms with van der Waals surface area (Å²) in [5.74, 6) is -0.512. The van der Waals surface area contributed by atoms with E-state index in [2.05, 4.69) is 10.5 Å². The Morgan fingerprint density at radius 1 is 1.33 bits per heavy atom. The van der Waals surface area contributed by atoms with Crippen LogP contribution in [-0.4, -0.2) is 27.6 Å². The molecule has 1 amide bonds. The molecule has 1 aromatic carbocycles. The molecule has 1 aromatic rings. The molecule has 0 aliphatic heterocycles. The zero-order chi connectivity index (χ0) is 15.5. The van der Waals surface area contributed by atoms with E-state index in [1.807, 2.05) is 0 Å². The van der Waals surface area contributed by atoms with Gasteiger partial charge < -0.3 is 21.4 Å². The number of nitrogens with one attached hydrogen (secondary N) is 1. The van der Waals surface area contributed by atoms with Crippen LogP contribution in [-0.2, 0) is 0 Å². The number of amidine groups is 1. The fourth-order valence-electron chi connectivity index (χ4n) is 2.67. The van der Waals surface area contributed by atoms with Gasteiger partial charge in [0.15, 0.2) is 5.84 Å². The average Bonchev–Trinajstić information content (AvgIpc) is 2.49. The molecule has 0 radical (unpaired) electrons. The summed E-state index contributed by atoms with van der Waals surface area (Å²) in [6.45, 7) is 0. The van der Waals surface area contributed by atoms with Crippen LogP contribution in [0, 0.1) is 0 Å². The van der Waals surface area contributed by atoms with E-state index in [-0.39, 0.29) is 22.2 Å². The molecule has 1 aliphatic rings. The first kappa shape index (κ1) is 15.4. The van der Waals surface area contributed by atoms with Crippen molar-refractivity contribution in [1.29, 1.82) is 0 Å². The Labute approximate surface area is 127 Å². The van der Waals surface area contributed by atoms with E-state index in [1.165, 1.54) is 18.2 Å². The molecular weight excluding hydrogens is 294 g/mol. The highest BCUT2D eigenvalue weighted by atomic mass is 35.5. The van der Waals surface area contributed by atoms with Crippen molar-refractivity contribution in [2.45, 2.75) is 37.6 Å². The lowest BCUT2D eigenvalue weighted by atomic mass is 9.80. The van der Waals surface area contributed by atoms with Gasteiger partial charge in [-0.25, -0.2) is 0 Å². The molecule has 0 atom stereocenters. The number of benzene rings is 1. The molecule has 0 aromatic heterocycles. The van der Waals surface area contributed by atoms with Gasteiger partial charge >= 0.3 is 0 Å². The number of nitrogens with two attached hydrogens (primary N) is 1. The second-order valence-corrected chi connectivity index (χ2v) is 5.65. The number of phenolic OH excluding ortho intramolecular Hbond substituents is 1. The third-order valence-electron chi connectivity index (χ3n) is 3.85. The normalized spacial score (nSPS) is 18.2. The molecule has 1 saturated carbocycles. The Bertz CT molecular complexity index is 569. The van der Waals surface area contributed by atoms with Gasteiger partial charge in [-0.2, -0.15) is 0 Å². The van der Waals surface area contributed by atoms with Crippen LogP contribution < -0.4 is 11.1 Å². The topological polar surface area (TPSA) is 108 Å². The van der Waals surface area contributed by atoms with E-state index >= 15 is 0 Å². The van der Waals surface area contributed by atoms with Crippen LogP contribution in [0.1, 0.15) is 42.5 Å². The van der Waals surface area contributed by atoms with Crippen LogP contribution in [0.15, 0.2) is 23.4 Å². The van der Waals surface area contributed by atoms with Gasteiger partial charge in [0.05, 0.1) is 10.6 Å². The minimum atomic E-state index is -0.862. The predicted octanol–water partition coefficient (Wildman–Crippen LogP) is 2.22. The van der Waals surface area contributed by atoms with Crippen LogP contribution in [0.4, 0.5) is 0 Å². The molecule has 2 rings (SSSR count). The Balaban J connectivity index is 2.28. The van der Waals surface area contributed by atoms with Crippen LogP contribution in [0.2, 0.25) is 5.02 Å². The van der Waals surface area contributed by atoms with E-state index in [1.54, 1.807) is 0 Å². The fraction of sp³-hybridized carbons (Fsp3) is 0.429. The molecule has 21 heavy (non-hydrogen) atoms. The third kappa shape index (κ3) is 3.21. The molecule has 0 saturated heterocycles. The molecule has 5 N–H and O–H groups in total. The summed E-state index contributed by atoms with van der Waals surface area (Å²) in [6.07, 6.45) is 4.01. The zero-order valence-electron chi connectivity index (χ0n) is 11.5. The van der Waals surface area contributed by atoms with Crippen molar-refractivity contribution in [1.82, 2.24) is 5.32 Å². The standard InChI is InChI=1S/C14H18ClN3O3/c15-11-5-4-9(19)8-10(11)12(20)17-14(13(16)18-21)6-2-1-3-7-14/h4-5,8,19,21H,1-3,6-7H2,(H2,16,18)(H,17,20). The summed E-state index contributed by atoms with van der Waals surface area (Å²) in [5, 5.41) is 24.6. The number of hydrogen-bond acceptors (Lipinski definition) is 4. The van der Waals surface area contributed by atoms with E-state index in [4.69, 9.17) is 22.5 Å². The van der Waals surface area contributed by atoms with Gasteiger partial charge in [0, 0.05) is 0 Å². The molecule has 6 nitrogen and oxygen atoms in total. The number of rotatable bonds is 3. The van der Waals surface area contributed by atoms with E-state index in [0.717, 1.165) is 19.3 Å². The number of carbonyl (C=O) groups is 1. The second-order valence-electron chi connectivity index (χ2n) is 5.25. The lowest BCUT2D eigenvalue weighted by Gasteiger charge is -2.36. The largest absolute Gasteiger partial charge is 0.508 e. The SMILES string of the molecule is N/C(=N/O)C1(NC(=O)c2cc(O)ccc2Cl)CCCCC1. The van der Waals surface area contributed by atoms with Crippen molar-refractivity contribution >= 4 is 23.3 Å². The van der Waals surface area contributed by atoms with Crippen molar-refractivity contribution in [3.05, 3.63) is 28.8 Å². The third-order valence-corrected chi connectivity index (χ3v) is 4.18. The summed E-state index contributed by atoms with van der Waals surface area (Å²) < 4.78 is 0. The van der Waals surface area contributed by atoms with Crippen molar-refractivity contribution in [3.8, 4) is 5.75 Å². The molecule has 0 heterocycles. The maximum atomic E-state index is 12.4. The Kier molecular flexibility index (Phi) is 4.57. The Morgan fingerprint density at radius 2 is 2.00 bits per heavy atom. The number of aromatic hydroxyl groups is 1. The van der Waals surface area contributed by atoms with Crippen LogP contribution >= 0.6 is 11.6 Å². The highest BCUT2D eigenvalue weighted by molar-refractivity contribution is 6.34. The second kappa shape index (κ2) is 6.22. The molecule has 0 unspecified atom stereocenters. The Morgan fingerprint density at radius 3 is 2.62 bits per heavy atom. The van der Waals surface area contributed by atoms with E-state index in [9.17, 15) is 9.90 Å². The van der Waals surface area contributed by atoms with Crippen LogP contribution in [0.25, 0.3) is 0 Å². The minimum absolute atomic E-state index is 0.00757. The number of amides is 1. The highest BCUT2D eigenvalue weighted by Crippen LogP contribution is 2.30. The lowest BCUT2D eigenvalue weighted by Crippen LogP contribution is -2.58. The summed E-state index contributed by atoms with van der Waals surface area (Å²) in [7, 11) is 0. The predicted molar refractivity (Wildman–Crippen MR) is 79.8 cm³/mol. The first-order chi connectivity index (χ1) is 9.98. The molecule has 0 spiro atoms. The number of phenols is 1. The maximum absolute atomic E-state index is 12.4. The number of halogens is 1. The number of hydrogen-bond donors (Lipinski definition) is 4. The van der Waals surface area contributed by atoms with Gasteiger partial charge in [-0.3, -0.25) is 4.79 Å². The quantitative estimate of drug-likeness (QED) is 0.297. The van der Waals surface area contributed by atoms with Gasteiger partial charge in [0.25, 0.3) is 5.91 Å². The monoisotopic (exact) mass is 311 g/mol. The summed E-state index contributed by atoms with van der Waals surface area (Å²) in [5.41, 5.74) is 5.08. The Hall–Kier alpha value is -1.95. The van der Waals surface area contributed by atoms with Crippen molar-refractivity contribution < 1.29 is 15.1 Å². The maximum Gasteiger partial charge on any atom is 0.253 e. The molecule has 1 aliphatic carbocycles. The highest BCUT2D eigenvalue weighted by Gasteiger charge is 2.38. The first-order valence-corrected chi connectivity index (χ1v) is 7.15. The molecule has 114 valence electrons. The van der Waals surface area contributed by atoms with Gasteiger partial charge in [0.2, 0.25) is 0 Å². The average molecular weight is 312 g/mol. The van der Waals surface area contributed by atoms with Crippen molar-refractivity contribution in [2.24, 2.45) is 10.9 Å². The number of carbonyl (C=O) groups excluding carboxylic acids is 1. The fourth-order valence-corrected chi connectivity index (χ4v) is 2.87. The van der Waals surface area contributed by atoms with Gasteiger partial charge in [-0.15, -0.1) is 0 Å². The molecule has 1 fully saturated rings. The summed E-state index contributed by atoms with van der Waals surface area (Å²) in [6, 6.07) is 4.14. The van der Waals surface area contributed by atoms with Crippen LogP contribution in [0.5, 0.6) is 5.75 Å². The zero-order valence-corrected chi connectivity index (χ0v) is 12.2. The van der Waals surface area contributed by atoms with Crippen molar-refractivity contribution in [3.63, 3.8) is 0 Å². The smallest absolute Gasteiger partial charge is 0.253 e. The molecule has 0 bridgehead atoms. The lowest BCUT2D eigenvalue weighted by molar-refractivity contribution is 0.0905.